The molecule has 1 aromatic carbocycles. The van der Waals surface area contributed by atoms with E-state index in [1.165, 1.54) is 25.1 Å². The first kappa shape index (κ1) is 20.8. The first-order valence-electron chi connectivity index (χ1n) is 7.99. The van der Waals surface area contributed by atoms with Crippen LogP contribution in [0.1, 0.15) is 19.4 Å². The van der Waals surface area contributed by atoms with Crippen LogP contribution in [-0.4, -0.2) is 42.8 Å². The number of nitrogens with two attached hydrogens (primary N) is 1. The summed E-state index contributed by atoms with van der Waals surface area (Å²) in [5, 5.41) is 7.73. The van der Waals surface area contributed by atoms with Crippen LogP contribution >= 0.6 is 0 Å². The number of hydrogen-bond donors (Lipinski definition) is 2. The lowest BCUT2D eigenvalue weighted by Gasteiger charge is -2.30. The lowest BCUT2D eigenvalue weighted by molar-refractivity contribution is -0.147. The summed E-state index contributed by atoms with van der Waals surface area (Å²) < 4.78 is 32.4. The molecule has 0 bridgehead atoms. The number of nitrogens with zero attached hydrogens (tertiary/aromatic N) is 3. The lowest BCUT2D eigenvalue weighted by Crippen LogP contribution is -2.47. The van der Waals surface area contributed by atoms with Crippen LogP contribution in [0.15, 0.2) is 44.6 Å². The number of likely N-dealkylation sites (N-methyl/N-ethyl adjacent to an activating group) is 1. The van der Waals surface area contributed by atoms with Crippen molar-refractivity contribution in [3.05, 3.63) is 35.0 Å². The van der Waals surface area contributed by atoms with Gasteiger partial charge >= 0.3 is 0 Å². The molecule has 1 atom stereocenters. The molecule has 0 saturated heterocycles. The molecule has 27 heavy (non-hydrogen) atoms. The van der Waals surface area contributed by atoms with Crippen LogP contribution < -0.4 is 5.90 Å². The van der Waals surface area contributed by atoms with Crippen molar-refractivity contribution in [2.45, 2.75) is 25.7 Å². The van der Waals surface area contributed by atoms with Gasteiger partial charge in [0.1, 0.15) is 10.6 Å². The Morgan fingerprint density at radius 3 is 2.48 bits per heavy atom. The molecule has 146 valence electrons. The Balaban J connectivity index is 2.56. The van der Waals surface area contributed by atoms with E-state index in [1.807, 2.05) is 0 Å². The zero-order valence-corrected chi connectivity index (χ0v) is 15.9. The molecule has 2 amide bonds. The van der Waals surface area contributed by atoms with E-state index in [9.17, 15) is 22.6 Å². The maximum absolute atomic E-state index is 12.6. The van der Waals surface area contributed by atoms with Crippen LogP contribution in [0, 0.1) is 12.8 Å². The highest BCUT2D eigenvalue weighted by atomic mass is 32.2. The maximum atomic E-state index is 12.6. The molecule has 11 heteroatoms. The summed E-state index contributed by atoms with van der Waals surface area (Å²) in [6.07, 6.45) is 0. The molecule has 1 aliphatic heterocycles. The van der Waals surface area contributed by atoms with Gasteiger partial charge in [0.2, 0.25) is 5.91 Å². The minimum absolute atomic E-state index is 0.110. The highest BCUT2D eigenvalue weighted by Gasteiger charge is 2.38. The topological polar surface area (TPSA) is 152 Å². The fraction of sp³-hybridized carbons (Fsp3) is 0.375. The normalized spacial score (nSPS) is 18.7. The molecule has 0 saturated carbocycles. The van der Waals surface area contributed by atoms with Gasteiger partial charge in [-0.1, -0.05) is 6.07 Å². The molecule has 1 aromatic rings. The Kier molecular flexibility index (Phi) is 6.21. The van der Waals surface area contributed by atoms with Crippen LogP contribution in [0.5, 0.6) is 0 Å². The molecule has 0 fully saturated rings. The van der Waals surface area contributed by atoms with Gasteiger partial charge in [-0.3, -0.25) is 19.0 Å². The molecule has 1 unspecified atom stereocenters. The number of benzene rings is 1. The molecule has 0 spiro atoms. The average Bonchev–Trinajstić information content (AvgIpc) is 2.58. The molecule has 0 radical (unpaired) electrons. The van der Waals surface area contributed by atoms with Crippen molar-refractivity contribution in [1.29, 1.82) is 0 Å². The summed E-state index contributed by atoms with van der Waals surface area (Å²) >= 11 is 0. The van der Waals surface area contributed by atoms with E-state index in [1.54, 1.807) is 13.8 Å². The van der Waals surface area contributed by atoms with E-state index >= 15 is 0 Å². The van der Waals surface area contributed by atoms with Crippen molar-refractivity contribution in [2.24, 2.45) is 22.0 Å². The number of carbonyl (C=O) groups is 2. The van der Waals surface area contributed by atoms with Gasteiger partial charge in [0.05, 0.1) is 12.5 Å². The Morgan fingerprint density at radius 1 is 1.26 bits per heavy atom. The first-order valence-corrected chi connectivity index (χ1v) is 9.43. The third-order valence-corrected chi connectivity index (χ3v) is 5.04. The van der Waals surface area contributed by atoms with Crippen molar-refractivity contribution in [3.8, 4) is 0 Å². The average molecular weight is 396 g/mol. The zero-order valence-electron chi connectivity index (χ0n) is 15.0. The largest absolute Gasteiger partial charge is 0.303 e. The maximum Gasteiger partial charge on any atom is 0.296 e. The van der Waals surface area contributed by atoms with Crippen molar-refractivity contribution in [2.75, 3.05) is 13.2 Å². The van der Waals surface area contributed by atoms with Gasteiger partial charge < -0.3 is 4.84 Å². The summed E-state index contributed by atoms with van der Waals surface area (Å²) in [6.45, 7) is 4.83. The minimum Gasteiger partial charge on any atom is -0.303 e. The van der Waals surface area contributed by atoms with E-state index in [2.05, 4.69) is 15.1 Å². The van der Waals surface area contributed by atoms with Crippen molar-refractivity contribution in [3.63, 3.8) is 0 Å². The summed E-state index contributed by atoms with van der Waals surface area (Å²) in [5.41, 5.74) is 0.750. The number of rotatable bonds is 6. The van der Waals surface area contributed by atoms with Gasteiger partial charge in [0, 0.05) is 6.54 Å². The van der Waals surface area contributed by atoms with E-state index in [4.69, 9.17) is 5.90 Å². The second-order valence-corrected chi connectivity index (χ2v) is 7.34. The van der Waals surface area contributed by atoms with Gasteiger partial charge in [-0.2, -0.15) is 8.42 Å². The first-order chi connectivity index (χ1) is 12.6. The quantitative estimate of drug-likeness (QED) is 0.320. The standard InChI is InChI=1S/C16H20N4O6S/c1-4-20-15(21)11(8-26-17)10(3)14(16(20)22)19-18-12-7-9(2)5-6-13(12)27(23,24)25/h5-7,11H,4,8,17H2,1-3H3,(H,23,24,25). The van der Waals surface area contributed by atoms with Gasteiger partial charge in [0.25, 0.3) is 16.0 Å². The molecule has 3 N–H and O–H groups in total. The highest BCUT2D eigenvalue weighted by Crippen LogP contribution is 2.30. The molecule has 2 rings (SSSR count). The van der Waals surface area contributed by atoms with Crippen LogP contribution in [0.25, 0.3) is 0 Å². The predicted octanol–water partition coefficient (Wildman–Crippen LogP) is 1.49. The van der Waals surface area contributed by atoms with E-state index in [0.29, 0.717) is 11.1 Å². The van der Waals surface area contributed by atoms with Crippen LogP contribution in [0.4, 0.5) is 5.69 Å². The number of imide groups is 1. The SMILES string of the molecule is CCN1C(=O)C(N=Nc2cc(C)ccc2S(=O)(=O)O)=C(C)C(CON)C1=O. The van der Waals surface area contributed by atoms with Gasteiger partial charge in [0.15, 0.2) is 5.70 Å². The molecule has 0 aliphatic carbocycles. The highest BCUT2D eigenvalue weighted by molar-refractivity contribution is 7.86. The van der Waals surface area contributed by atoms with E-state index < -0.39 is 32.7 Å². The predicted molar refractivity (Wildman–Crippen MR) is 94.2 cm³/mol. The van der Waals surface area contributed by atoms with Gasteiger partial charge in [-0.05, 0) is 44.0 Å². The third-order valence-electron chi connectivity index (χ3n) is 4.14. The smallest absolute Gasteiger partial charge is 0.296 e. The van der Waals surface area contributed by atoms with E-state index in [-0.39, 0.29) is 24.5 Å². The molecule has 1 aliphatic rings. The second kappa shape index (κ2) is 8.05. The van der Waals surface area contributed by atoms with Crippen molar-refractivity contribution in [1.82, 2.24) is 4.90 Å². The fourth-order valence-corrected chi connectivity index (χ4v) is 3.28. The van der Waals surface area contributed by atoms with Gasteiger partial charge in [-0.15, -0.1) is 10.2 Å². The second-order valence-electron chi connectivity index (χ2n) is 5.95. The summed E-state index contributed by atoms with van der Waals surface area (Å²) in [6, 6.07) is 4.08. The monoisotopic (exact) mass is 396 g/mol. The summed E-state index contributed by atoms with van der Waals surface area (Å²) in [4.78, 5) is 30.0. The third kappa shape index (κ3) is 4.27. The summed E-state index contributed by atoms with van der Waals surface area (Å²) in [5.74, 6) is 3.15. The number of amides is 2. The number of carbonyl (C=O) groups excluding carboxylic acids is 2. The lowest BCUT2D eigenvalue weighted by atomic mass is 9.93. The van der Waals surface area contributed by atoms with E-state index in [0.717, 1.165) is 4.90 Å². The number of hydrogen-bond acceptors (Lipinski definition) is 8. The zero-order chi connectivity index (χ0) is 20.4. The molecular weight excluding hydrogens is 376 g/mol. The van der Waals surface area contributed by atoms with Crippen LogP contribution in [0.3, 0.4) is 0 Å². The van der Waals surface area contributed by atoms with Crippen LogP contribution in [0.2, 0.25) is 0 Å². The summed E-state index contributed by atoms with van der Waals surface area (Å²) in [7, 11) is -4.53. The fourth-order valence-electron chi connectivity index (χ4n) is 2.68. The molecule has 10 nitrogen and oxygen atoms in total. The molecule has 1 heterocycles. The number of aryl methyl sites for hydroxylation is 1. The van der Waals surface area contributed by atoms with Gasteiger partial charge in [-0.25, -0.2) is 5.90 Å². The molecular formula is C16H20N4O6S. The Labute approximate surface area is 156 Å². The molecule has 0 aromatic heterocycles. The Morgan fingerprint density at radius 2 is 1.93 bits per heavy atom. The number of azo groups is 1. The Hall–Kier alpha value is -2.47. The van der Waals surface area contributed by atoms with Crippen LogP contribution in [-0.2, 0) is 24.5 Å². The minimum atomic E-state index is -4.53. The Bertz CT molecular complexity index is 938. The van der Waals surface area contributed by atoms with Crippen molar-refractivity contribution >= 4 is 27.6 Å². The van der Waals surface area contributed by atoms with Crippen molar-refractivity contribution < 1.29 is 27.4 Å².